The van der Waals surface area contributed by atoms with Gasteiger partial charge in [0.15, 0.2) is 0 Å². The van der Waals surface area contributed by atoms with Crippen molar-refractivity contribution in [3.63, 3.8) is 0 Å². The number of nitrogens with one attached hydrogen (secondary N) is 1. The zero-order valence-corrected chi connectivity index (χ0v) is 13.6. The van der Waals surface area contributed by atoms with Crippen molar-refractivity contribution in [3.05, 3.63) is 0 Å². The second kappa shape index (κ2) is 9.77. The summed E-state index contributed by atoms with van der Waals surface area (Å²) in [5, 5.41) is 3.53. The first-order valence-corrected chi connectivity index (χ1v) is 8.68. The Kier molecular flexibility index (Phi) is 8.72. The summed E-state index contributed by atoms with van der Waals surface area (Å²) in [6.07, 6.45) is 12.4. The molecule has 2 nitrogen and oxygen atoms in total. The highest BCUT2D eigenvalue weighted by Crippen LogP contribution is 2.28. The van der Waals surface area contributed by atoms with Crippen LogP contribution in [0.25, 0.3) is 0 Å². The van der Waals surface area contributed by atoms with Crippen LogP contribution in [0.4, 0.5) is 0 Å². The Bertz CT molecular complexity index is 209. The average molecular weight is 268 g/mol. The summed E-state index contributed by atoms with van der Waals surface area (Å²) in [6, 6.07) is 0. The zero-order chi connectivity index (χ0) is 14.0. The molecule has 0 aromatic rings. The van der Waals surface area contributed by atoms with E-state index in [9.17, 15) is 0 Å². The van der Waals surface area contributed by atoms with Crippen molar-refractivity contribution in [2.75, 3.05) is 26.2 Å². The first kappa shape index (κ1) is 17.0. The standard InChI is InChI=1S/C17H36N2/c1-4-6-7-8-9-12-17(3,11-5-2)19-15-10-13-18-14-16-19/h18H,4-16H2,1-3H3. The molecule has 0 radical (unpaired) electrons. The lowest BCUT2D eigenvalue weighted by Crippen LogP contribution is -2.47. The van der Waals surface area contributed by atoms with Crippen LogP contribution >= 0.6 is 0 Å². The third kappa shape index (κ3) is 6.27. The first-order chi connectivity index (χ1) is 9.23. The summed E-state index contributed by atoms with van der Waals surface area (Å²) in [7, 11) is 0. The lowest BCUT2D eigenvalue weighted by molar-refractivity contribution is 0.0890. The van der Waals surface area contributed by atoms with Crippen LogP contribution in [-0.4, -0.2) is 36.6 Å². The van der Waals surface area contributed by atoms with Crippen LogP contribution < -0.4 is 5.32 Å². The van der Waals surface area contributed by atoms with Gasteiger partial charge in [0.1, 0.15) is 0 Å². The van der Waals surface area contributed by atoms with Crippen molar-refractivity contribution in [3.8, 4) is 0 Å². The van der Waals surface area contributed by atoms with E-state index in [1.165, 1.54) is 84.0 Å². The molecule has 114 valence electrons. The zero-order valence-electron chi connectivity index (χ0n) is 13.6. The summed E-state index contributed by atoms with van der Waals surface area (Å²) >= 11 is 0. The van der Waals surface area contributed by atoms with E-state index in [1.54, 1.807) is 0 Å². The fourth-order valence-electron chi connectivity index (χ4n) is 3.47. The van der Waals surface area contributed by atoms with Gasteiger partial charge in [-0.15, -0.1) is 0 Å². The Balaban J connectivity index is 2.41. The van der Waals surface area contributed by atoms with Crippen molar-refractivity contribution in [1.29, 1.82) is 0 Å². The third-order valence-electron chi connectivity index (χ3n) is 4.71. The quantitative estimate of drug-likeness (QED) is 0.630. The molecule has 0 aromatic heterocycles. The lowest BCUT2D eigenvalue weighted by Gasteiger charge is -2.41. The smallest absolute Gasteiger partial charge is 0.0181 e. The maximum atomic E-state index is 3.53. The van der Waals surface area contributed by atoms with Crippen molar-refractivity contribution in [1.82, 2.24) is 10.2 Å². The molecule has 19 heavy (non-hydrogen) atoms. The summed E-state index contributed by atoms with van der Waals surface area (Å²) in [5.74, 6) is 0. The second-order valence-electron chi connectivity index (χ2n) is 6.50. The van der Waals surface area contributed by atoms with Gasteiger partial charge in [0.05, 0.1) is 0 Å². The van der Waals surface area contributed by atoms with E-state index < -0.39 is 0 Å². The van der Waals surface area contributed by atoms with E-state index in [-0.39, 0.29) is 0 Å². The van der Waals surface area contributed by atoms with Gasteiger partial charge in [-0.1, -0.05) is 52.4 Å². The molecule has 0 saturated carbocycles. The van der Waals surface area contributed by atoms with E-state index in [2.05, 4.69) is 31.0 Å². The molecule has 1 fully saturated rings. The summed E-state index contributed by atoms with van der Waals surface area (Å²) in [5.41, 5.74) is 0.451. The largest absolute Gasteiger partial charge is 0.315 e. The predicted molar refractivity (Wildman–Crippen MR) is 85.7 cm³/mol. The molecule has 0 aliphatic carbocycles. The third-order valence-corrected chi connectivity index (χ3v) is 4.71. The van der Waals surface area contributed by atoms with Gasteiger partial charge < -0.3 is 5.32 Å². The second-order valence-corrected chi connectivity index (χ2v) is 6.50. The molecule has 1 aliphatic heterocycles. The molecule has 1 saturated heterocycles. The molecule has 1 atom stereocenters. The summed E-state index contributed by atoms with van der Waals surface area (Å²) in [6.45, 7) is 12.1. The molecule has 0 amide bonds. The average Bonchev–Trinajstić information content (AvgIpc) is 2.68. The molecular formula is C17H36N2. The minimum Gasteiger partial charge on any atom is -0.315 e. The van der Waals surface area contributed by atoms with Gasteiger partial charge in [-0.3, -0.25) is 4.90 Å². The molecule has 2 heteroatoms. The number of nitrogens with zero attached hydrogens (tertiary/aromatic N) is 1. The Morgan fingerprint density at radius 3 is 2.42 bits per heavy atom. The van der Waals surface area contributed by atoms with E-state index >= 15 is 0 Å². The molecular weight excluding hydrogens is 232 g/mol. The molecule has 0 bridgehead atoms. The summed E-state index contributed by atoms with van der Waals surface area (Å²) in [4.78, 5) is 2.77. The van der Waals surface area contributed by atoms with Crippen molar-refractivity contribution in [2.24, 2.45) is 0 Å². The van der Waals surface area contributed by atoms with Crippen LogP contribution in [0.2, 0.25) is 0 Å². The highest BCUT2D eigenvalue weighted by atomic mass is 15.2. The maximum absolute atomic E-state index is 3.53. The van der Waals surface area contributed by atoms with Crippen LogP contribution in [0.3, 0.4) is 0 Å². The van der Waals surface area contributed by atoms with Crippen molar-refractivity contribution < 1.29 is 0 Å². The molecule has 0 aromatic carbocycles. The van der Waals surface area contributed by atoms with Crippen molar-refractivity contribution in [2.45, 2.75) is 84.1 Å². The van der Waals surface area contributed by atoms with Crippen LogP contribution in [-0.2, 0) is 0 Å². The molecule has 1 aliphatic rings. The van der Waals surface area contributed by atoms with E-state index in [4.69, 9.17) is 0 Å². The van der Waals surface area contributed by atoms with Crippen molar-refractivity contribution >= 4 is 0 Å². The van der Waals surface area contributed by atoms with Crippen LogP contribution in [0.1, 0.15) is 78.6 Å². The number of hydrogen-bond acceptors (Lipinski definition) is 2. The number of hydrogen-bond donors (Lipinski definition) is 1. The SMILES string of the molecule is CCCCCCCC(C)(CCC)N1CCCNCC1. The number of unbranched alkanes of at least 4 members (excludes halogenated alkanes) is 4. The van der Waals surface area contributed by atoms with Gasteiger partial charge >= 0.3 is 0 Å². The Morgan fingerprint density at radius 2 is 1.68 bits per heavy atom. The fraction of sp³-hybridized carbons (Fsp3) is 1.00. The Morgan fingerprint density at radius 1 is 0.895 bits per heavy atom. The Hall–Kier alpha value is -0.0800. The number of rotatable bonds is 9. The van der Waals surface area contributed by atoms with Gasteiger partial charge in [-0.25, -0.2) is 0 Å². The maximum Gasteiger partial charge on any atom is 0.0181 e. The van der Waals surface area contributed by atoms with Gasteiger partial charge in [-0.05, 0) is 39.3 Å². The van der Waals surface area contributed by atoms with E-state index in [1.807, 2.05) is 0 Å². The van der Waals surface area contributed by atoms with Gasteiger partial charge in [-0.2, -0.15) is 0 Å². The monoisotopic (exact) mass is 268 g/mol. The molecule has 1 rings (SSSR count). The minimum absolute atomic E-state index is 0.451. The normalized spacial score (nSPS) is 21.0. The molecule has 1 heterocycles. The van der Waals surface area contributed by atoms with Gasteiger partial charge in [0.25, 0.3) is 0 Å². The van der Waals surface area contributed by atoms with Crippen LogP contribution in [0.15, 0.2) is 0 Å². The molecule has 1 N–H and O–H groups in total. The predicted octanol–water partition coefficient (Wildman–Crippen LogP) is 4.20. The Labute approximate surface area is 121 Å². The highest BCUT2D eigenvalue weighted by Gasteiger charge is 2.30. The lowest BCUT2D eigenvalue weighted by atomic mass is 9.87. The minimum atomic E-state index is 0.451. The highest BCUT2D eigenvalue weighted by molar-refractivity contribution is 4.87. The topological polar surface area (TPSA) is 15.3 Å². The van der Waals surface area contributed by atoms with Gasteiger partial charge in [0.2, 0.25) is 0 Å². The molecule has 1 unspecified atom stereocenters. The van der Waals surface area contributed by atoms with E-state index in [0.717, 1.165) is 0 Å². The molecule has 0 spiro atoms. The van der Waals surface area contributed by atoms with E-state index in [0.29, 0.717) is 5.54 Å². The fourth-order valence-corrected chi connectivity index (χ4v) is 3.47. The van der Waals surface area contributed by atoms with Crippen LogP contribution in [0.5, 0.6) is 0 Å². The summed E-state index contributed by atoms with van der Waals surface area (Å²) < 4.78 is 0. The first-order valence-electron chi connectivity index (χ1n) is 8.68. The van der Waals surface area contributed by atoms with Gasteiger partial charge in [0, 0.05) is 18.6 Å². The van der Waals surface area contributed by atoms with Crippen LogP contribution in [0, 0.1) is 0 Å².